The van der Waals surface area contributed by atoms with Crippen LogP contribution >= 0.6 is 0 Å². The van der Waals surface area contributed by atoms with Crippen LogP contribution in [0.3, 0.4) is 0 Å². The van der Waals surface area contributed by atoms with Crippen LogP contribution in [-0.4, -0.2) is 6.72 Å². The van der Waals surface area contributed by atoms with Crippen molar-refractivity contribution in [3.05, 3.63) is 36.2 Å². The minimum absolute atomic E-state index is 0.660. The third-order valence-electron chi connectivity index (χ3n) is 0.965. The van der Waals surface area contributed by atoms with Crippen molar-refractivity contribution in [3.63, 3.8) is 0 Å². The summed E-state index contributed by atoms with van der Waals surface area (Å²) in [6.07, 6.45) is 5.18. The molecule has 0 aromatic heterocycles. The highest BCUT2D eigenvalue weighted by Gasteiger charge is 1.87. The van der Waals surface area contributed by atoms with E-state index in [4.69, 9.17) is 5.73 Å². The molecule has 0 aliphatic carbocycles. The minimum Gasteiger partial charge on any atom is -0.401 e. The molecule has 0 amide bonds. The van der Waals surface area contributed by atoms with Gasteiger partial charge in [-0.05, 0) is 19.7 Å². The summed E-state index contributed by atoms with van der Waals surface area (Å²) in [6, 6.07) is 0. The highest BCUT2D eigenvalue weighted by Crippen LogP contribution is 2.00. The van der Waals surface area contributed by atoms with Gasteiger partial charge in [-0.15, -0.1) is 0 Å². The van der Waals surface area contributed by atoms with Crippen LogP contribution in [0.4, 0.5) is 0 Å². The lowest BCUT2D eigenvalue weighted by molar-refractivity contribution is 1.22. The molecule has 0 aromatic carbocycles. The van der Waals surface area contributed by atoms with Crippen molar-refractivity contribution < 1.29 is 0 Å². The second-order valence-electron chi connectivity index (χ2n) is 1.82. The molecule has 0 unspecified atom stereocenters. The predicted molar refractivity (Wildman–Crippen MR) is 45.8 cm³/mol. The molecule has 0 aromatic rings. The SMILES string of the molecule is C=C/C=C\C(N=C)=C(/C)N. The molecule has 0 radical (unpaired) electrons. The highest BCUT2D eigenvalue weighted by atomic mass is 14.7. The Morgan fingerprint density at radius 3 is 2.50 bits per heavy atom. The van der Waals surface area contributed by atoms with E-state index in [1.165, 1.54) is 0 Å². The molecule has 54 valence electrons. The van der Waals surface area contributed by atoms with E-state index in [1.807, 2.05) is 0 Å². The minimum atomic E-state index is 0.660. The molecule has 0 aliphatic rings. The summed E-state index contributed by atoms with van der Waals surface area (Å²) >= 11 is 0. The molecule has 0 aliphatic heterocycles. The van der Waals surface area contributed by atoms with Gasteiger partial charge in [0.2, 0.25) is 0 Å². The monoisotopic (exact) mass is 136 g/mol. The Balaban J connectivity index is 4.38. The topological polar surface area (TPSA) is 38.4 Å². The molecule has 2 nitrogen and oxygen atoms in total. The molecule has 10 heavy (non-hydrogen) atoms. The Labute approximate surface area is 61.5 Å². The summed E-state index contributed by atoms with van der Waals surface area (Å²) in [7, 11) is 0. The van der Waals surface area contributed by atoms with E-state index < -0.39 is 0 Å². The summed E-state index contributed by atoms with van der Waals surface area (Å²) in [5.41, 5.74) is 6.80. The maximum Gasteiger partial charge on any atom is 0.0806 e. The van der Waals surface area contributed by atoms with Crippen LogP contribution < -0.4 is 5.73 Å². The van der Waals surface area contributed by atoms with Crippen LogP contribution in [-0.2, 0) is 0 Å². The second kappa shape index (κ2) is 4.56. The zero-order valence-electron chi connectivity index (χ0n) is 6.17. The number of hydrogen-bond donors (Lipinski definition) is 1. The van der Waals surface area contributed by atoms with E-state index in [2.05, 4.69) is 18.3 Å². The van der Waals surface area contributed by atoms with Gasteiger partial charge in [-0.3, -0.25) is 4.99 Å². The first-order chi connectivity index (χ1) is 4.72. The van der Waals surface area contributed by atoms with Crippen molar-refractivity contribution in [1.29, 1.82) is 0 Å². The van der Waals surface area contributed by atoms with E-state index in [1.54, 1.807) is 25.2 Å². The lowest BCUT2D eigenvalue weighted by Crippen LogP contribution is -1.93. The third-order valence-corrected chi connectivity index (χ3v) is 0.965. The molecule has 2 N–H and O–H groups in total. The standard InChI is InChI=1S/C8H12N2/c1-4-5-6-8(10-3)7(2)9/h4-6H,1,3,9H2,2H3/b6-5-,8-7-. The van der Waals surface area contributed by atoms with Crippen molar-refractivity contribution in [1.82, 2.24) is 0 Å². The molecule has 0 fully saturated rings. The van der Waals surface area contributed by atoms with Gasteiger partial charge in [-0.25, -0.2) is 0 Å². The van der Waals surface area contributed by atoms with Gasteiger partial charge < -0.3 is 5.73 Å². The number of rotatable bonds is 3. The number of hydrogen-bond acceptors (Lipinski definition) is 2. The Bertz CT molecular complexity index is 183. The van der Waals surface area contributed by atoms with Gasteiger partial charge in [0.15, 0.2) is 0 Å². The Morgan fingerprint density at radius 1 is 1.60 bits per heavy atom. The van der Waals surface area contributed by atoms with Gasteiger partial charge in [-0.1, -0.05) is 18.7 Å². The van der Waals surface area contributed by atoms with Crippen LogP contribution in [0.5, 0.6) is 0 Å². The van der Waals surface area contributed by atoms with Gasteiger partial charge in [0, 0.05) is 5.70 Å². The second-order valence-corrected chi connectivity index (χ2v) is 1.82. The zero-order chi connectivity index (χ0) is 7.98. The number of nitrogens with two attached hydrogens (primary N) is 1. The van der Waals surface area contributed by atoms with Crippen LogP contribution in [0.1, 0.15) is 6.92 Å². The van der Waals surface area contributed by atoms with Gasteiger partial charge in [-0.2, -0.15) is 0 Å². The summed E-state index contributed by atoms with van der Waals surface area (Å²) < 4.78 is 0. The quantitative estimate of drug-likeness (QED) is 0.464. The summed E-state index contributed by atoms with van der Waals surface area (Å²) in [5.74, 6) is 0. The molecule has 2 heteroatoms. The van der Waals surface area contributed by atoms with Gasteiger partial charge in [0.05, 0.1) is 5.70 Å². The lowest BCUT2D eigenvalue weighted by Gasteiger charge is -1.93. The summed E-state index contributed by atoms with van der Waals surface area (Å²) in [5, 5.41) is 0. The van der Waals surface area contributed by atoms with Gasteiger partial charge in [0.1, 0.15) is 0 Å². The van der Waals surface area contributed by atoms with Crippen molar-refractivity contribution in [2.45, 2.75) is 6.92 Å². The summed E-state index contributed by atoms with van der Waals surface area (Å²) in [6.45, 7) is 8.65. The molecule has 0 saturated heterocycles. The van der Waals surface area contributed by atoms with Crippen molar-refractivity contribution in [3.8, 4) is 0 Å². The van der Waals surface area contributed by atoms with Crippen molar-refractivity contribution in [2.75, 3.05) is 0 Å². The molecule has 0 spiro atoms. The molecular weight excluding hydrogens is 124 g/mol. The predicted octanol–water partition coefficient (Wildman–Crippen LogP) is 1.62. The Kier molecular flexibility index (Phi) is 3.96. The first kappa shape index (κ1) is 8.69. The number of aliphatic imine (C=N–C) groups is 1. The molecule has 0 heterocycles. The fourth-order valence-electron chi connectivity index (χ4n) is 0.468. The average molecular weight is 136 g/mol. The molecular formula is C8H12N2. The van der Waals surface area contributed by atoms with E-state index in [0.717, 1.165) is 0 Å². The lowest BCUT2D eigenvalue weighted by atomic mass is 10.3. The average Bonchev–Trinajstić information content (AvgIpc) is 1.89. The summed E-state index contributed by atoms with van der Waals surface area (Å²) in [4.78, 5) is 3.70. The number of allylic oxidation sites excluding steroid dienone is 4. The zero-order valence-corrected chi connectivity index (χ0v) is 6.17. The van der Waals surface area contributed by atoms with Crippen LogP contribution in [0.2, 0.25) is 0 Å². The van der Waals surface area contributed by atoms with Crippen molar-refractivity contribution in [2.24, 2.45) is 10.7 Å². The highest BCUT2D eigenvalue weighted by molar-refractivity contribution is 5.35. The fraction of sp³-hybridized carbons (Fsp3) is 0.125. The molecule has 0 atom stereocenters. The van der Waals surface area contributed by atoms with E-state index in [9.17, 15) is 0 Å². The van der Waals surface area contributed by atoms with E-state index in [0.29, 0.717) is 11.4 Å². The normalized spacial score (nSPS) is 12.9. The maximum absolute atomic E-state index is 5.45. The third kappa shape index (κ3) is 2.87. The fourth-order valence-corrected chi connectivity index (χ4v) is 0.468. The van der Waals surface area contributed by atoms with Crippen LogP contribution in [0, 0.1) is 0 Å². The smallest absolute Gasteiger partial charge is 0.0806 e. The van der Waals surface area contributed by atoms with Gasteiger partial charge in [0.25, 0.3) is 0 Å². The first-order valence-corrected chi connectivity index (χ1v) is 2.94. The first-order valence-electron chi connectivity index (χ1n) is 2.94. The van der Waals surface area contributed by atoms with E-state index >= 15 is 0 Å². The van der Waals surface area contributed by atoms with Crippen LogP contribution in [0.25, 0.3) is 0 Å². The Hall–Kier alpha value is -1.31. The molecule has 0 rings (SSSR count). The Morgan fingerprint density at radius 2 is 2.20 bits per heavy atom. The molecule has 0 bridgehead atoms. The van der Waals surface area contributed by atoms with Crippen molar-refractivity contribution >= 4 is 6.72 Å². The van der Waals surface area contributed by atoms with Crippen LogP contribution in [0.15, 0.2) is 41.2 Å². The van der Waals surface area contributed by atoms with Gasteiger partial charge >= 0.3 is 0 Å². The van der Waals surface area contributed by atoms with E-state index in [-0.39, 0.29) is 0 Å². The maximum atomic E-state index is 5.45. The molecule has 0 saturated carbocycles. The number of nitrogens with zero attached hydrogens (tertiary/aromatic N) is 1. The largest absolute Gasteiger partial charge is 0.401 e.